The van der Waals surface area contributed by atoms with Gasteiger partial charge in [-0.3, -0.25) is 4.98 Å². The van der Waals surface area contributed by atoms with Crippen molar-refractivity contribution in [3.05, 3.63) is 30.1 Å². The number of halogens is 1. The molecule has 0 saturated heterocycles. The van der Waals surface area contributed by atoms with E-state index in [1.807, 2.05) is 0 Å². The third kappa shape index (κ3) is 3.40. The van der Waals surface area contributed by atoms with Crippen LogP contribution in [0.25, 0.3) is 0 Å². The Bertz CT molecular complexity index is 340. The molecule has 14 heavy (non-hydrogen) atoms. The summed E-state index contributed by atoms with van der Waals surface area (Å²) in [6, 6.07) is 3.37. The molecule has 0 aliphatic carbocycles. The number of oxime groups is 1. The number of rotatable bonds is 4. The molecule has 0 aliphatic rings. The molecule has 0 unspecified atom stereocenters. The minimum Gasteiger partial charge on any atom is -0.479 e. The van der Waals surface area contributed by atoms with Crippen molar-refractivity contribution in [1.29, 1.82) is 0 Å². The fraction of sp³-hybridized carbons (Fsp3) is 0.125. The fourth-order valence-electron chi connectivity index (χ4n) is 0.682. The molecule has 0 aliphatic heterocycles. The maximum atomic E-state index is 10.1. The molecule has 0 amide bonds. The van der Waals surface area contributed by atoms with Gasteiger partial charge >= 0.3 is 5.97 Å². The summed E-state index contributed by atoms with van der Waals surface area (Å²) < 4.78 is 0. The zero-order chi connectivity index (χ0) is 10.4. The second-order valence-electron chi connectivity index (χ2n) is 2.29. The Morgan fingerprint density at radius 2 is 2.50 bits per heavy atom. The minimum absolute atomic E-state index is 0.0688. The molecule has 0 spiro atoms. The number of nitrogens with zero attached hydrogens (tertiary/aromatic N) is 2. The van der Waals surface area contributed by atoms with Crippen LogP contribution in [0.3, 0.4) is 0 Å². The van der Waals surface area contributed by atoms with E-state index in [1.54, 1.807) is 18.3 Å². The number of pyridine rings is 1. The minimum atomic E-state index is -1.11. The first-order valence-corrected chi connectivity index (χ1v) is 4.05. The van der Waals surface area contributed by atoms with Crippen molar-refractivity contribution in [2.45, 2.75) is 0 Å². The van der Waals surface area contributed by atoms with Crippen LogP contribution in [0.15, 0.2) is 29.7 Å². The van der Waals surface area contributed by atoms with E-state index in [-0.39, 0.29) is 5.17 Å². The van der Waals surface area contributed by atoms with Crippen LogP contribution in [-0.4, -0.2) is 27.8 Å². The van der Waals surface area contributed by atoms with Crippen molar-refractivity contribution in [1.82, 2.24) is 4.98 Å². The number of aromatic nitrogens is 1. The van der Waals surface area contributed by atoms with Crippen molar-refractivity contribution in [2.24, 2.45) is 5.16 Å². The van der Waals surface area contributed by atoms with E-state index in [1.165, 1.54) is 6.20 Å². The predicted octanol–water partition coefficient (Wildman–Crippen LogP) is 1.08. The molecule has 1 heterocycles. The van der Waals surface area contributed by atoms with Crippen LogP contribution < -0.4 is 0 Å². The molecule has 0 fully saturated rings. The molecular formula is C8H7ClN2O3. The maximum Gasteiger partial charge on any atom is 0.344 e. The molecule has 0 atom stereocenters. The number of carboxylic acids is 1. The highest BCUT2D eigenvalue weighted by Gasteiger charge is 2.00. The van der Waals surface area contributed by atoms with Crippen molar-refractivity contribution >= 4 is 22.7 Å². The van der Waals surface area contributed by atoms with Gasteiger partial charge in [0, 0.05) is 18.0 Å². The molecule has 5 nitrogen and oxygen atoms in total. The molecule has 0 saturated carbocycles. The molecular weight excluding hydrogens is 208 g/mol. The normalized spacial score (nSPS) is 11.1. The lowest BCUT2D eigenvalue weighted by atomic mass is 10.3. The first-order valence-electron chi connectivity index (χ1n) is 3.68. The first kappa shape index (κ1) is 10.5. The van der Waals surface area contributed by atoms with Crippen LogP contribution in [0, 0.1) is 0 Å². The Morgan fingerprint density at radius 1 is 1.71 bits per heavy atom. The Morgan fingerprint density at radius 3 is 3.07 bits per heavy atom. The Hall–Kier alpha value is -1.62. The zero-order valence-electron chi connectivity index (χ0n) is 7.05. The van der Waals surface area contributed by atoms with Crippen molar-refractivity contribution in [3.63, 3.8) is 0 Å². The lowest BCUT2D eigenvalue weighted by molar-refractivity contribution is -0.142. The standard InChI is InChI=1S/C8H7ClN2O3/c9-8(11-14-5-7(12)13)6-2-1-3-10-4-6/h1-4H,5H2,(H,12,13)/b11-8-. The third-order valence-corrected chi connectivity index (χ3v) is 1.52. The van der Waals surface area contributed by atoms with E-state index >= 15 is 0 Å². The van der Waals surface area contributed by atoms with Crippen molar-refractivity contribution < 1.29 is 14.7 Å². The van der Waals surface area contributed by atoms with Gasteiger partial charge in [0.2, 0.25) is 6.61 Å². The largest absolute Gasteiger partial charge is 0.479 e. The Kier molecular flexibility index (Phi) is 3.87. The number of carboxylic acid groups (broad SMARTS) is 1. The molecule has 0 radical (unpaired) electrons. The number of carbonyl (C=O) groups is 1. The van der Waals surface area contributed by atoms with Crippen LogP contribution in [0.5, 0.6) is 0 Å². The van der Waals surface area contributed by atoms with Gasteiger partial charge in [0.1, 0.15) is 0 Å². The summed E-state index contributed by atoms with van der Waals surface area (Å²) >= 11 is 5.68. The van der Waals surface area contributed by atoms with Crippen molar-refractivity contribution in [3.8, 4) is 0 Å². The van der Waals surface area contributed by atoms with Gasteiger partial charge in [0.05, 0.1) is 0 Å². The summed E-state index contributed by atoms with van der Waals surface area (Å²) in [4.78, 5) is 18.3. The number of aliphatic carboxylic acids is 1. The average Bonchev–Trinajstić information content (AvgIpc) is 2.18. The predicted molar refractivity (Wildman–Crippen MR) is 50.2 cm³/mol. The van der Waals surface area contributed by atoms with Gasteiger partial charge < -0.3 is 9.94 Å². The molecule has 6 heteroatoms. The van der Waals surface area contributed by atoms with E-state index < -0.39 is 12.6 Å². The van der Waals surface area contributed by atoms with Gasteiger partial charge in [-0.15, -0.1) is 0 Å². The molecule has 1 N–H and O–H groups in total. The SMILES string of the molecule is O=C(O)CO/N=C(\Cl)c1cccnc1. The second kappa shape index (κ2) is 5.18. The summed E-state index contributed by atoms with van der Waals surface area (Å²) in [7, 11) is 0. The number of hydrogen-bond acceptors (Lipinski definition) is 4. The first-order chi connectivity index (χ1) is 6.70. The average molecular weight is 215 g/mol. The van der Waals surface area contributed by atoms with Gasteiger partial charge in [0.25, 0.3) is 0 Å². The molecule has 74 valence electrons. The monoisotopic (exact) mass is 214 g/mol. The van der Waals surface area contributed by atoms with Crippen LogP contribution in [-0.2, 0) is 9.63 Å². The van der Waals surface area contributed by atoms with Crippen molar-refractivity contribution in [2.75, 3.05) is 6.61 Å². The summed E-state index contributed by atoms with van der Waals surface area (Å²) in [5.74, 6) is -1.11. The second-order valence-corrected chi connectivity index (χ2v) is 2.65. The Labute approximate surface area is 85.0 Å². The highest BCUT2D eigenvalue weighted by Crippen LogP contribution is 2.02. The van der Waals surface area contributed by atoms with Crippen LogP contribution in [0.2, 0.25) is 0 Å². The van der Waals surface area contributed by atoms with E-state index in [2.05, 4.69) is 15.0 Å². The van der Waals surface area contributed by atoms with Crippen LogP contribution >= 0.6 is 11.6 Å². The van der Waals surface area contributed by atoms with E-state index in [9.17, 15) is 4.79 Å². The number of hydrogen-bond donors (Lipinski definition) is 1. The smallest absolute Gasteiger partial charge is 0.344 e. The molecule has 0 bridgehead atoms. The van der Waals surface area contributed by atoms with Gasteiger partial charge in [0.15, 0.2) is 5.17 Å². The summed E-state index contributed by atoms with van der Waals surface area (Å²) in [5, 5.41) is 11.7. The lowest BCUT2D eigenvalue weighted by Crippen LogP contribution is -2.04. The summed E-state index contributed by atoms with van der Waals surface area (Å²) in [6.45, 7) is -0.517. The fourth-order valence-corrected chi connectivity index (χ4v) is 0.842. The summed E-state index contributed by atoms with van der Waals surface area (Å²) in [6.07, 6.45) is 3.09. The van der Waals surface area contributed by atoms with Gasteiger partial charge in [-0.1, -0.05) is 16.8 Å². The molecule has 1 aromatic rings. The molecule has 1 rings (SSSR count). The van der Waals surface area contributed by atoms with Gasteiger partial charge in [-0.25, -0.2) is 4.79 Å². The maximum absolute atomic E-state index is 10.1. The quantitative estimate of drug-likeness (QED) is 0.602. The summed E-state index contributed by atoms with van der Waals surface area (Å²) in [5.41, 5.74) is 0.569. The van der Waals surface area contributed by atoms with E-state index in [0.29, 0.717) is 5.56 Å². The van der Waals surface area contributed by atoms with Gasteiger partial charge in [-0.2, -0.15) is 0 Å². The highest BCUT2D eigenvalue weighted by molar-refractivity contribution is 6.69. The highest BCUT2D eigenvalue weighted by atomic mass is 35.5. The van der Waals surface area contributed by atoms with Crippen LogP contribution in [0.1, 0.15) is 5.56 Å². The molecule has 1 aromatic heterocycles. The van der Waals surface area contributed by atoms with Gasteiger partial charge in [-0.05, 0) is 12.1 Å². The zero-order valence-corrected chi connectivity index (χ0v) is 7.81. The lowest BCUT2D eigenvalue weighted by Gasteiger charge is -1.97. The molecule has 0 aromatic carbocycles. The Balaban J connectivity index is 2.57. The topological polar surface area (TPSA) is 71.8 Å². The van der Waals surface area contributed by atoms with E-state index in [4.69, 9.17) is 16.7 Å². The van der Waals surface area contributed by atoms with E-state index in [0.717, 1.165) is 0 Å². The van der Waals surface area contributed by atoms with Crippen LogP contribution in [0.4, 0.5) is 0 Å². The third-order valence-electron chi connectivity index (χ3n) is 1.23.